The Hall–Kier alpha value is -2.71. The molecule has 1 amide bonds. The van der Waals surface area contributed by atoms with E-state index in [2.05, 4.69) is 53.0 Å². The van der Waals surface area contributed by atoms with E-state index in [0.717, 1.165) is 71.6 Å². The number of imidazole rings is 1. The number of nitrogens with one attached hydrogen (secondary N) is 2. The van der Waals surface area contributed by atoms with Crippen molar-refractivity contribution in [3.8, 4) is 11.5 Å². The van der Waals surface area contributed by atoms with Gasteiger partial charge in [0.15, 0.2) is 5.82 Å². The summed E-state index contributed by atoms with van der Waals surface area (Å²) in [7, 11) is 0. The smallest absolute Gasteiger partial charge is 0.244 e. The number of fused-ring (bicyclic) bond motifs is 3. The van der Waals surface area contributed by atoms with Crippen LogP contribution in [0.5, 0.6) is 0 Å². The van der Waals surface area contributed by atoms with Gasteiger partial charge in [0.1, 0.15) is 5.69 Å². The van der Waals surface area contributed by atoms with Crippen LogP contribution in [0.4, 0.5) is 5.69 Å². The van der Waals surface area contributed by atoms with Gasteiger partial charge in [-0.1, -0.05) is 13.8 Å². The van der Waals surface area contributed by atoms with E-state index in [9.17, 15) is 4.79 Å². The summed E-state index contributed by atoms with van der Waals surface area (Å²) in [6.07, 6.45) is 2.14. The third kappa shape index (κ3) is 3.52. The summed E-state index contributed by atoms with van der Waals surface area (Å²) in [6.45, 7) is 14.4. The second-order valence-corrected chi connectivity index (χ2v) is 11.0. The van der Waals surface area contributed by atoms with Crippen molar-refractivity contribution in [3.05, 3.63) is 29.0 Å². The Labute approximate surface area is 206 Å². The van der Waals surface area contributed by atoms with Gasteiger partial charge < -0.3 is 14.6 Å². The number of hydrogen-bond donors (Lipinski definition) is 2. The molecule has 2 aliphatic carbocycles. The molecule has 4 atom stereocenters. The van der Waals surface area contributed by atoms with E-state index in [1.807, 2.05) is 18.7 Å². The van der Waals surface area contributed by atoms with E-state index in [1.165, 1.54) is 11.3 Å². The highest BCUT2D eigenvalue weighted by Gasteiger charge is 2.60. The molecule has 1 aliphatic heterocycles. The van der Waals surface area contributed by atoms with Gasteiger partial charge in [-0.3, -0.25) is 14.8 Å². The average Bonchev–Trinajstić information content (AvgIpc) is 3.19. The van der Waals surface area contributed by atoms with Crippen molar-refractivity contribution < 1.29 is 9.53 Å². The molecule has 6 rings (SSSR count). The molecule has 8 nitrogen and oxygen atoms in total. The molecule has 3 aromatic rings. The minimum atomic E-state index is -0.185. The Morgan fingerprint density at radius 3 is 2.86 bits per heavy atom. The Balaban J connectivity index is 1.31. The number of aromatic amines is 2. The minimum Gasteiger partial charge on any atom is -0.379 e. The molecule has 0 spiro atoms. The predicted octanol–water partition coefficient (Wildman–Crippen LogP) is 3.71. The monoisotopic (exact) mass is 476 g/mol. The number of carbonyl (C=O) groups excluding carboxylic acids is 1. The number of likely N-dealkylation sites (N-methyl/N-ethyl adjacent to an activating group) is 1. The van der Waals surface area contributed by atoms with Gasteiger partial charge in [-0.05, 0) is 68.6 Å². The number of H-pyrrole nitrogens is 2. The number of amides is 1. The van der Waals surface area contributed by atoms with Crippen molar-refractivity contribution in [2.24, 2.45) is 17.3 Å². The first-order valence-electron chi connectivity index (χ1n) is 13.0. The summed E-state index contributed by atoms with van der Waals surface area (Å²) in [5.74, 6) is 2.43. The summed E-state index contributed by atoms with van der Waals surface area (Å²) in [5, 5.41) is 7.98. The van der Waals surface area contributed by atoms with Crippen molar-refractivity contribution in [2.45, 2.75) is 53.5 Å². The number of rotatable bonds is 5. The van der Waals surface area contributed by atoms with E-state index in [0.29, 0.717) is 25.2 Å². The van der Waals surface area contributed by atoms with Crippen molar-refractivity contribution in [1.82, 2.24) is 25.1 Å². The number of benzene rings is 1. The Morgan fingerprint density at radius 1 is 1.34 bits per heavy atom. The zero-order valence-corrected chi connectivity index (χ0v) is 21.4. The molecule has 35 heavy (non-hydrogen) atoms. The van der Waals surface area contributed by atoms with E-state index >= 15 is 0 Å². The number of anilines is 1. The number of hydrogen-bond acceptors (Lipinski definition) is 5. The van der Waals surface area contributed by atoms with Crippen molar-refractivity contribution in [3.63, 3.8) is 0 Å². The van der Waals surface area contributed by atoms with Crippen LogP contribution in [0.25, 0.3) is 22.6 Å². The molecule has 2 aromatic heterocycles. The third-order valence-corrected chi connectivity index (χ3v) is 9.16. The molecule has 3 aliphatic rings. The first kappa shape index (κ1) is 22.7. The van der Waals surface area contributed by atoms with Crippen LogP contribution in [-0.2, 0) is 22.4 Å². The van der Waals surface area contributed by atoms with Gasteiger partial charge in [0.25, 0.3) is 0 Å². The van der Waals surface area contributed by atoms with E-state index in [-0.39, 0.29) is 11.9 Å². The molecule has 2 N–H and O–H groups in total. The summed E-state index contributed by atoms with van der Waals surface area (Å²) < 4.78 is 5.47. The van der Waals surface area contributed by atoms with E-state index in [1.54, 1.807) is 0 Å². The lowest BCUT2D eigenvalue weighted by Crippen LogP contribution is -2.51. The zero-order chi connectivity index (χ0) is 24.5. The molecule has 0 radical (unpaired) electrons. The van der Waals surface area contributed by atoms with Crippen LogP contribution in [-0.4, -0.2) is 69.9 Å². The van der Waals surface area contributed by atoms with Gasteiger partial charge in [-0.2, -0.15) is 5.10 Å². The van der Waals surface area contributed by atoms with Crippen molar-refractivity contribution >= 4 is 22.6 Å². The maximum atomic E-state index is 13.5. The minimum absolute atomic E-state index is 0.121. The fourth-order valence-electron chi connectivity index (χ4n) is 6.52. The predicted molar refractivity (Wildman–Crippen MR) is 136 cm³/mol. The van der Waals surface area contributed by atoms with E-state index in [4.69, 9.17) is 9.72 Å². The normalized spacial score (nSPS) is 26.9. The van der Waals surface area contributed by atoms with Crippen molar-refractivity contribution in [1.29, 1.82) is 0 Å². The number of ether oxygens (including phenoxy) is 1. The van der Waals surface area contributed by atoms with Crippen LogP contribution in [0, 0.1) is 24.2 Å². The summed E-state index contributed by atoms with van der Waals surface area (Å²) in [6, 6.07) is 3.97. The van der Waals surface area contributed by atoms with Crippen LogP contribution in [0.2, 0.25) is 0 Å². The molecule has 186 valence electrons. The highest BCUT2D eigenvalue weighted by molar-refractivity contribution is 5.99. The van der Waals surface area contributed by atoms with Crippen molar-refractivity contribution in [2.75, 3.05) is 37.7 Å². The quantitative estimate of drug-likeness (QED) is 0.586. The van der Waals surface area contributed by atoms with Gasteiger partial charge in [-0.15, -0.1) is 0 Å². The topological polar surface area (TPSA) is 90.1 Å². The van der Waals surface area contributed by atoms with Crippen LogP contribution in [0.3, 0.4) is 0 Å². The second-order valence-electron chi connectivity index (χ2n) is 11.0. The van der Waals surface area contributed by atoms with Gasteiger partial charge in [-0.25, -0.2) is 4.98 Å². The number of nitrogens with zero attached hydrogens (tertiary/aromatic N) is 4. The number of morpholine rings is 1. The molecular weight excluding hydrogens is 440 g/mol. The Kier molecular flexibility index (Phi) is 5.30. The average molecular weight is 477 g/mol. The summed E-state index contributed by atoms with van der Waals surface area (Å²) >= 11 is 0. The standard InChI is InChI=1S/C27H36N6O2/c1-6-33(26(34)17(4)32-7-9-35-10-8-32)23-13-21-20(11-15(23)2)28-25(29-21)24-18-12-19-16(3)27(19,5)14-22(18)30-31-24/h11,13,16-17,19H,6-10,12,14H2,1-5H3,(H,28,29)(H,30,31)/t16?,17-,19?,27-/m0/s1. The largest absolute Gasteiger partial charge is 0.379 e. The number of aromatic nitrogens is 4. The summed E-state index contributed by atoms with van der Waals surface area (Å²) in [4.78, 5) is 26.1. The van der Waals surface area contributed by atoms with Gasteiger partial charge in [0.2, 0.25) is 5.91 Å². The van der Waals surface area contributed by atoms with Crippen LogP contribution in [0.15, 0.2) is 12.1 Å². The maximum Gasteiger partial charge on any atom is 0.244 e. The summed E-state index contributed by atoms with van der Waals surface area (Å²) in [5.41, 5.74) is 7.77. The molecule has 1 aromatic carbocycles. The lowest BCUT2D eigenvalue weighted by atomic mass is 9.87. The van der Waals surface area contributed by atoms with Gasteiger partial charge >= 0.3 is 0 Å². The molecule has 1 saturated heterocycles. The Bertz CT molecular complexity index is 1290. The van der Waals surface area contributed by atoms with Crippen LogP contribution < -0.4 is 4.90 Å². The first-order chi connectivity index (χ1) is 16.8. The number of aryl methyl sites for hydroxylation is 1. The maximum absolute atomic E-state index is 13.5. The molecule has 8 heteroatoms. The van der Waals surface area contributed by atoms with Gasteiger partial charge in [0, 0.05) is 36.6 Å². The SMILES string of the molecule is CCN(C(=O)[C@H](C)N1CCOCC1)c1cc2nc(-c3n[nH]c4c3CC3C(C)[C@]3(C)C4)[nH]c2cc1C. The van der Waals surface area contributed by atoms with Gasteiger partial charge in [0.05, 0.1) is 30.3 Å². The Morgan fingerprint density at radius 2 is 2.11 bits per heavy atom. The molecule has 3 heterocycles. The molecule has 2 fully saturated rings. The zero-order valence-electron chi connectivity index (χ0n) is 21.4. The third-order valence-electron chi connectivity index (χ3n) is 9.16. The highest BCUT2D eigenvalue weighted by atomic mass is 16.5. The second kappa shape index (κ2) is 8.17. The molecule has 0 bridgehead atoms. The van der Waals surface area contributed by atoms with E-state index < -0.39 is 0 Å². The molecule has 1 saturated carbocycles. The lowest BCUT2D eigenvalue weighted by molar-refractivity contribution is -0.124. The number of carbonyl (C=O) groups is 1. The van der Waals surface area contributed by atoms with Crippen LogP contribution >= 0.6 is 0 Å². The van der Waals surface area contributed by atoms with Crippen LogP contribution in [0.1, 0.15) is 44.5 Å². The first-order valence-corrected chi connectivity index (χ1v) is 13.0. The fraction of sp³-hybridized carbons (Fsp3) is 0.593. The highest BCUT2D eigenvalue weighted by Crippen LogP contribution is 2.64. The lowest BCUT2D eigenvalue weighted by Gasteiger charge is -2.34. The molecular formula is C27H36N6O2. The molecule has 2 unspecified atom stereocenters. The fourth-order valence-corrected chi connectivity index (χ4v) is 6.52.